The van der Waals surface area contributed by atoms with Crippen molar-refractivity contribution in [2.45, 2.75) is 53.4 Å². The van der Waals surface area contributed by atoms with Gasteiger partial charge in [0.05, 0.1) is 6.61 Å². The Morgan fingerprint density at radius 1 is 1.23 bits per heavy atom. The fraction of sp³-hybridized carbons (Fsp3) is 0.647. The van der Waals surface area contributed by atoms with Gasteiger partial charge in [0.1, 0.15) is 5.75 Å². The fourth-order valence-corrected chi connectivity index (χ4v) is 4.18. The molecule has 22 heavy (non-hydrogen) atoms. The van der Waals surface area contributed by atoms with Crippen LogP contribution in [0, 0.1) is 5.92 Å². The van der Waals surface area contributed by atoms with Crippen molar-refractivity contribution in [3.05, 3.63) is 23.8 Å². The molecular formula is C17H27O4Si. The molecule has 0 bridgehead atoms. The molecule has 4 nitrogen and oxygen atoms in total. The third-order valence-corrected chi connectivity index (χ3v) is 5.37. The Kier molecular flexibility index (Phi) is 6.03. The van der Waals surface area contributed by atoms with Gasteiger partial charge in [0, 0.05) is 32.1 Å². The maximum absolute atomic E-state index is 6.09. The van der Waals surface area contributed by atoms with Crippen molar-refractivity contribution in [1.29, 1.82) is 0 Å². The fourth-order valence-electron chi connectivity index (χ4n) is 2.72. The molecule has 0 saturated heterocycles. The van der Waals surface area contributed by atoms with Gasteiger partial charge in [0.25, 0.3) is 0 Å². The van der Waals surface area contributed by atoms with E-state index < -0.39 is 15.1 Å². The zero-order chi connectivity index (χ0) is 16.2. The second kappa shape index (κ2) is 7.59. The average molecular weight is 323 g/mol. The van der Waals surface area contributed by atoms with Crippen LogP contribution in [0.4, 0.5) is 0 Å². The summed E-state index contributed by atoms with van der Waals surface area (Å²) >= 11 is 0. The number of rotatable bonds is 7. The van der Waals surface area contributed by atoms with Crippen LogP contribution in [0.15, 0.2) is 18.2 Å². The normalized spacial score (nSPS) is 21.0. The second-order valence-electron chi connectivity index (χ2n) is 6.10. The predicted molar refractivity (Wildman–Crippen MR) is 88.4 cm³/mol. The molecule has 0 fully saturated rings. The van der Waals surface area contributed by atoms with E-state index in [-0.39, 0.29) is 0 Å². The maximum Gasteiger partial charge on any atom is 0.423 e. The Morgan fingerprint density at radius 2 is 1.91 bits per heavy atom. The highest BCUT2D eigenvalue weighted by Gasteiger charge is 2.34. The van der Waals surface area contributed by atoms with Crippen LogP contribution < -0.4 is 9.92 Å². The van der Waals surface area contributed by atoms with E-state index in [1.807, 2.05) is 26.8 Å². The summed E-state index contributed by atoms with van der Waals surface area (Å²) in [7, 11) is -1.41. The van der Waals surface area contributed by atoms with Gasteiger partial charge in [0.2, 0.25) is 5.79 Å². The van der Waals surface area contributed by atoms with Crippen molar-refractivity contribution in [2.24, 2.45) is 5.92 Å². The lowest BCUT2D eigenvalue weighted by molar-refractivity contribution is -0.202. The molecule has 1 aliphatic rings. The smallest absolute Gasteiger partial charge is 0.423 e. The minimum Gasteiger partial charge on any atom is -0.462 e. The van der Waals surface area contributed by atoms with Crippen LogP contribution in [0.2, 0.25) is 0 Å². The molecule has 0 aromatic heterocycles. The van der Waals surface area contributed by atoms with Gasteiger partial charge in [-0.05, 0) is 37.1 Å². The first-order valence-electron chi connectivity index (χ1n) is 8.06. The molecule has 1 aliphatic heterocycles. The Morgan fingerprint density at radius 3 is 2.50 bits per heavy atom. The Balaban J connectivity index is 2.16. The van der Waals surface area contributed by atoms with Gasteiger partial charge in [-0.3, -0.25) is 0 Å². The number of hydrogen-bond donors (Lipinski definition) is 0. The molecule has 2 rings (SSSR count). The number of hydrogen-bond acceptors (Lipinski definition) is 4. The van der Waals surface area contributed by atoms with Crippen molar-refractivity contribution in [1.82, 2.24) is 0 Å². The second-order valence-corrected chi connectivity index (χ2v) is 7.83. The summed E-state index contributed by atoms with van der Waals surface area (Å²) in [6.45, 7) is 12.2. The van der Waals surface area contributed by atoms with Crippen molar-refractivity contribution in [2.75, 3.05) is 13.2 Å². The number of ether oxygens (including phenoxy) is 2. The van der Waals surface area contributed by atoms with Crippen LogP contribution in [-0.2, 0) is 20.2 Å². The lowest BCUT2D eigenvalue weighted by Crippen LogP contribution is -2.41. The third-order valence-electron chi connectivity index (χ3n) is 3.48. The van der Waals surface area contributed by atoms with E-state index in [1.54, 1.807) is 0 Å². The molecule has 1 heterocycles. The van der Waals surface area contributed by atoms with E-state index in [0.717, 1.165) is 22.9 Å². The molecule has 0 spiro atoms. The highest BCUT2D eigenvalue weighted by atomic mass is 28.3. The van der Waals surface area contributed by atoms with Crippen LogP contribution in [0.3, 0.4) is 0 Å². The topological polar surface area (TPSA) is 36.9 Å². The summed E-state index contributed by atoms with van der Waals surface area (Å²) in [4.78, 5) is 0. The highest BCUT2D eigenvalue weighted by molar-refractivity contribution is 6.61. The standard InChI is InChI=1S/C17H27O4Si/c1-6-19-22(20-7-2)15-8-9-16-14(10-15)12-18-17(5,21-16)11-13(3)4/h8-10,13H,6-7,11-12H2,1-5H3. The summed E-state index contributed by atoms with van der Waals surface area (Å²) in [5, 5.41) is 1.10. The molecule has 1 unspecified atom stereocenters. The van der Waals surface area contributed by atoms with Gasteiger partial charge in [-0.15, -0.1) is 0 Å². The van der Waals surface area contributed by atoms with Crippen molar-refractivity contribution >= 4 is 14.5 Å². The van der Waals surface area contributed by atoms with Gasteiger partial charge >= 0.3 is 9.28 Å². The summed E-state index contributed by atoms with van der Waals surface area (Å²) in [5.74, 6) is 0.903. The Labute approximate surface area is 135 Å². The van der Waals surface area contributed by atoms with Crippen molar-refractivity contribution < 1.29 is 18.3 Å². The average Bonchev–Trinajstić information content (AvgIpc) is 2.45. The van der Waals surface area contributed by atoms with Gasteiger partial charge in [-0.2, -0.15) is 0 Å². The van der Waals surface area contributed by atoms with Gasteiger partial charge in [-0.1, -0.05) is 19.9 Å². The quantitative estimate of drug-likeness (QED) is 0.723. The molecular weight excluding hydrogens is 296 g/mol. The molecule has 123 valence electrons. The Hall–Kier alpha value is -0.883. The Bertz CT molecular complexity index is 486. The lowest BCUT2D eigenvalue weighted by Gasteiger charge is -2.37. The molecule has 1 aromatic rings. The summed E-state index contributed by atoms with van der Waals surface area (Å²) in [5.41, 5.74) is 1.07. The zero-order valence-electron chi connectivity index (χ0n) is 14.3. The van der Waals surface area contributed by atoms with Crippen LogP contribution in [-0.4, -0.2) is 28.3 Å². The summed E-state index contributed by atoms with van der Waals surface area (Å²) in [6, 6.07) is 6.18. The summed E-state index contributed by atoms with van der Waals surface area (Å²) < 4.78 is 23.6. The van der Waals surface area contributed by atoms with Crippen LogP contribution >= 0.6 is 0 Å². The molecule has 1 radical (unpaired) electrons. The lowest BCUT2D eigenvalue weighted by atomic mass is 10.0. The molecule has 0 amide bonds. The molecule has 0 aliphatic carbocycles. The van der Waals surface area contributed by atoms with Crippen LogP contribution in [0.25, 0.3) is 0 Å². The number of benzene rings is 1. The number of fused-ring (bicyclic) bond motifs is 1. The van der Waals surface area contributed by atoms with E-state index >= 15 is 0 Å². The summed E-state index contributed by atoms with van der Waals surface area (Å²) in [6.07, 6.45) is 0.876. The van der Waals surface area contributed by atoms with Crippen molar-refractivity contribution in [3.63, 3.8) is 0 Å². The van der Waals surface area contributed by atoms with Crippen LogP contribution in [0.1, 0.15) is 46.6 Å². The monoisotopic (exact) mass is 323 g/mol. The van der Waals surface area contributed by atoms with E-state index in [4.69, 9.17) is 18.3 Å². The SMILES string of the molecule is CCO[Si](OCC)c1ccc2c(c1)COC(C)(CC(C)C)O2. The maximum atomic E-state index is 6.09. The molecule has 1 atom stereocenters. The first-order chi connectivity index (χ1) is 10.5. The highest BCUT2D eigenvalue weighted by Crippen LogP contribution is 2.34. The van der Waals surface area contributed by atoms with E-state index in [1.165, 1.54) is 0 Å². The minimum absolute atomic E-state index is 0.525. The van der Waals surface area contributed by atoms with Gasteiger partial charge < -0.3 is 18.3 Å². The molecule has 1 aromatic carbocycles. The molecule has 0 N–H and O–H groups in total. The van der Waals surface area contributed by atoms with Gasteiger partial charge in [0.15, 0.2) is 0 Å². The van der Waals surface area contributed by atoms with Crippen molar-refractivity contribution in [3.8, 4) is 5.75 Å². The molecule has 5 heteroatoms. The van der Waals surface area contributed by atoms with Gasteiger partial charge in [-0.25, -0.2) is 0 Å². The third kappa shape index (κ3) is 4.32. The van der Waals surface area contributed by atoms with E-state index in [0.29, 0.717) is 25.7 Å². The molecule has 0 saturated carbocycles. The van der Waals surface area contributed by atoms with E-state index in [9.17, 15) is 0 Å². The largest absolute Gasteiger partial charge is 0.462 e. The van der Waals surface area contributed by atoms with Crippen LogP contribution in [0.5, 0.6) is 5.75 Å². The zero-order valence-corrected chi connectivity index (χ0v) is 15.3. The predicted octanol–water partition coefficient (Wildman–Crippen LogP) is 3.13. The van der Waals surface area contributed by atoms with E-state index in [2.05, 4.69) is 26.0 Å². The first-order valence-corrected chi connectivity index (χ1v) is 9.38. The minimum atomic E-state index is -1.41. The first kappa shape index (κ1) is 17.5.